The summed E-state index contributed by atoms with van der Waals surface area (Å²) in [5, 5.41) is 27.4. The summed E-state index contributed by atoms with van der Waals surface area (Å²) in [6.07, 6.45) is 0. The largest absolute Gasteiger partial charge is 0.507 e. The van der Waals surface area contributed by atoms with Gasteiger partial charge >= 0.3 is 0 Å². The molecule has 1 aromatic rings. The fraction of sp³-hybridized carbons (Fsp3) is 0.222. The Bertz CT molecular complexity index is 346. The van der Waals surface area contributed by atoms with Gasteiger partial charge in [0.05, 0.1) is 11.6 Å². The molecule has 13 heavy (non-hydrogen) atoms. The molecule has 0 radical (unpaired) electrons. The smallest absolute Gasteiger partial charge is 0.134 e. The van der Waals surface area contributed by atoms with Crippen LogP contribution >= 0.6 is 0 Å². The van der Waals surface area contributed by atoms with Gasteiger partial charge in [-0.05, 0) is 19.1 Å². The zero-order valence-corrected chi connectivity index (χ0v) is 7.15. The van der Waals surface area contributed by atoms with Gasteiger partial charge in [0.15, 0.2) is 0 Å². The SMILES string of the molecule is C[C@@](N)(C#N)c1c(O)cccc1O. The Morgan fingerprint density at radius 3 is 2.23 bits per heavy atom. The third-order valence-corrected chi connectivity index (χ3v) is 1.77. The number of rotatable bonds is 1. The van der Waals surface area contributed by atoms with Crippen LogP contribution in [0.25, 0.3) is 0 Å². The van der Waals surface area contributed by atoms with Crippen LogP contribution in [0.15, 0.2) is 18.2 Å². The molecule has 0 aliphatic heterocycles. The molecule has 1 atom stereocenters. The molecule has 0 unspecified atom stereocenters. The summed E-state index contributed by atoms with van der Waals surface area (Å²) < 4.78 is 0. The average Bonchev–Trinajstić information content (AvgIpc) is 2.03. The Hall–Kier alpha value is -1.73. The molecule has 0 amide bonds. The predicted octanol–water partition coefficient (Wildman–Crippen LogP) is 0.795. The summed E-state index contributed by atoms with van der Waals surface area (Å²) in [5.74, 6) is -0.349. The number of benzene rings is 1. The summed E-state index contributed by atoms with van der Waals surface area (Å²) in [4.78, 5) is 0. The van der Waals surface area contributed by atoms with Gasteiger partial charge in [-0.3, -0.25) is 0 Å². The minimum Gasteiger partial charge on any atom is -0.507 e. The van der Waals surface area contributed by atoms with Gasteiger partial charge in [0.1, 0.15) is 17.0 Å². The standard InChI is InChI=1S/C9H10N2O2/c1-9(11,5-10)8-6(12)3-2-4-7(8)13/h2-4,12-13H,11H2,1H3/t9-/m1/s1. The van der Waals surface area contributed by atoms with Crippen molar-refractivity contribution < 1.29 is 10.2 Å². The van der Waals surface area contributed by atoms with Gasteiger partial charge in [-0.25, -0.2) is 0 Å². The Labute approximate surface area is 75.8 Å². The van der Waals surface area contributed by atoms with Crippen molar-refractivity contribution in [3.05, 3.63) is 23.8 Å². The molecule has 0 aromatic heterocycles. The normalized spacial score (nSPS) is 14.5. The van der Waals surface area contributed by atoms with Crippen molar-refractivity contribution in [2.45, 2.75) is 12.5 Å². The molecule has 0 saturated heterocycles. The maximum absolute atomic E-state index is 9.37. The predicted molar refractivity (Wildman–Crippen MR) is 46.9 cm³/mol. The molecule has 0 aliphatic carbocycles. The van der Waals surface area contributed by atoms with E-state index < -0.39 is 5.54 Å². The molecular formula is C9H10N2O2. The lowest BCUT2D eigenvalue weighted by Gasteiger charge is -2.18. The van der Waals surface area contributed by atoms with E-state index in [1.54, 1.807) is 6.07 Å². The Morgan fingerprint density at radius 1 is 1.38 bits per heavy atom. The minimum atomic E-state index is -1.38. The maximum Gasteiger partial charge on any atom is 0.134 e. The lowest BCUT2D eigenvalue weighted by Crippen LogP contribution is -2.30. The van der Waals surface area contributed by atoms with Crippen LogP contribution in [-0.4, -0.2) is 10.2 Å². The van der Waals surface area contributed by atoms with E-state index in [9.17, 15) is 10.2 Å². The van der Waals surface area contributed by atoms with E-state index in [1.807, 2.05) is 0 Å². The highest BCUT2D eigenvalue weighted by Crippen LogP contribution is 2.34. The zero-order chi connectivity index (χ0) is 10.1. The van der Waals surface area contributed by atoms with Crippen molar-refractivity contribution in [1.82, 2.24) is 0 Å². The molecule has 1 rings (SSSR count). The highest BCUT2D eigenvalue weighted by atomic mass is 16.3. The van der Waals surface area contributed by atoms with Gasteiger partial charge in [0, 0.05) is 0 Å². The van der Waals surface area contributed by atoms with Gasteiger partial charge in [-0.1, -0.05) is 6.07 Å². The molecule has 0 spiro atoms. The molecule has 4 N–H and O–H groups in total. The highest BCUT2D eigenvalue weighted by Gasteiger charge is 2.27. The molecule has 0 bridgehead atoms. The molecule has 4 heteroatoms. The van der Waals surface area contributed by atoms with Gasteiger partial charge in [0.2, 0.25) is 0 Å². The van der Waals surface area contributed by atoms with Crippen LogP contribution in [0.5, 0.6) is 11.5 Å². The lowest BCUT2D eigenvalue weighted by molar-refractivity contribution is 0.418. The van der Waals surface area contributed by atoms with E-state index in [0.29, 0.717) is 0 Å². The molecule has 0 saturated carbocycles. The average molecular weight is 178 g/mol. The maximum atomic E-state index is 9.37. The lowest BCUT2D eigenvalue weighted by atomic mass is 9.93. The monoisotopic (exact) mass is 178 g/mol. The number of hydrogen-bond donors (Lipinski definition) is 3. The first kappa shape index (κ1) is 9.36. The number of aromatic hydroxyl groups is 2. The van der Waals surface area contributed by atoms with E-state index in [1.165, 1.54) is 25.1 Å². The number of nitrogens with two attached hydrogens (primary N) is 1. The fourth-order valence-corrected chi connectivity index (χ4v) is 1.12. The van der Waals surface area contributed by atoms with E-state index in [0.717, 1.165) is 0 Å². The van der Waals surface area contributed by atoms with Crippen LogP contribution in [0, 0.1) is 11.3 Å². The first-order chi connectivity index (χ1) is 5.99. The summed E-state index contributed by atoms with van der Waals surface area (Å²) in [6, 6.07) is 6.02. The van der Waals surface area contributed by atoms with Crippen molar-refractivity contribution in [1.29, 1.82) is 5.26 Å². The fourth-order valence-electron chi connectivity index (χ4n) is 1.12. The van der Waals surface area contributed by atoms with Crippen molar-refractivity contribution >= 4 is 0 Å². The van der Waals surface area contributed by atoms with E-state index in [-0.39, 0.29) is 17.1 Å². The van der Waals surface area contributed by atoms with Crippen LogP contribution in [0.3, 0.4) is 0 Å². The van der Waals surface area contributed by atoms with Crippen LogP contribution in [0.2, 0.25) is 0 Å². The molecule has 0 heterocycles. The van der Waals surface area contributed by atoms with Crippen molar-refractivity contribution in [3.63, 3.8) is 0 Å². The van der Waals surface area contributed by atoms with Crippen LogP contribution in [0.4, 0.5) is 0 Å². The Kier molecular flexibility index (Phi) is 2.13. The molecule has 1 aromatic carbocycles. The van der Waals surface area contributed by atoms with Gasteiger partial charge in [-0.15, -0.1) is 0 Å². The minimum absolute atomic E-state index is 0.0532. The van der Waals surface area contributed by atoms with Crippen molar-refractivity contribution in [2.24, 2.45) is 5.73 Å². The van der Waals surface area contributed by atoms with Crippen molar-refractivity contribution in [2.75, 3.05) is 0 Å². The third kappa shape index (κ3) is 1.55. The Morgan fingerprint density at radius 2 is 1.85 bits per heavy atom. The highest BCUT2D eigenvalue weighted by molar-refractivity contribution is 5.49. The number of nitrogens with zero attached hydrogens (tertiary/aromatic N) is 1. The van der Waals surface area contributed by atoms with Crippen LogP contribution < -0.4 is 5.73 Å². The first-order valence-corrected chi connectivity index (χ1v) is 3.70. The molecule has 68 valence electrons. The third-order valence-electron chi connectivity index (χ3n) is 1.77. The van der Waals surface area contributed by atoms with Crippen LogP contribution in [0.1, 0.15) is 12.5 Å². The second-order valence-electron chi connectivity index (χ2n) is 2.99. The quantitative estimate of drug-likeness (QED) is 0.593. The van der Waals surface area contributed by atoms with Gasteiger partial charge in [0.25, 0.3) is 0 Å². The molecule has 0 aliphatic rings. The summed E-state index contributed by atoms with van der Waals surface area (Å²) in [6.45, 7) is 1.42. The van der Waals surface area contributed by atoms with Gasteiger partial charge in [-0.2, -0.15) is 5.26 Å². The first-order valence-electron chi connectivity index (χ1n) is 3.70. The molecular weight excluding hydrogens is 168 g/mol. The molecule has 0 fully saturated rings. The molecule has 4 nitrogen and oxygen atoms in total. The summed E-state index contributed by atoms with van der Waals surface area (Å²) in [5.41, 5.74) is 4.23. The number of hydrogen-bond acceptors (Lipinski definition) is 4. The topological polar surface area (TPSA) is 90.3 Å². The summed E-state index contributed by atoms with van der Waals surface area (Å²) >= 11 is 0. The van der Waals surface area contributed by atoms with Crippen LogP contribution in [-0.2, 0) is 5.54 Å². The van der Waals surface area contributed by atoms with E-state index >= 15 is 0 Å². The number of phenols is 2. The van der Waals surface area contributed by atoms with Crippen molar-refractivity contribution in [3.8, 4) is 17.6 Å². The zero-order valence-electron chi connectivity index (χ0n) is 7.15. The number of nitriles is 1. The summed E-state index contributed by atoms with van der Waals surface area (Å²) in [7, 11) is 0. The number of phenolic OH excluding ortho intramolecular Hbond substituents is 2. The second kappa shape index (κ2) is 2.96. The second-order valence-corrected chi connectivity index (χ2v) is 2.99. The Balaban J connectivity index is 3.38. The van der Waals surface area contributed by atoms with Gasteiger partial charge < -0.3 is 15.9 Å². The van der Waals surface area contributed by atoms with E-state index in [4.69, 9.17) is 11.0 Å². The van der Waals surface area contributed by atoms with E-state index in [2.05, 4.69) is 0 Å².